The van der Waals surface area contributed by atoms with Gasteiger partial charge in [0.1, 0.15) is 0 Å². The van der Waals surface area contributed by atoms with Gasteiger partial charge in [-0.2, -0.15) is 5.10 Å². The molecule has 2 aromatic rings. The van der Waals surface area contributed by atoms with Crippen molar-refractivity contribution in [2.75, 3.05) is 32.1 Å². The highest BCUT2D eigenvalue weighted by atomic mass is 35.5. The van der Waals surface area contributed by atoms with Gasteiger partial charge in [0, 0.05) is 44.0 Å². The lowest BCUT2D eigenvalue weighted by molar-refractivity contribution is 0.452. The Morgan fingerprint density at radius 1 is 1.03 bits per heavy atom. The van der Waals surface area contributed by atoms with E-state index in [1.54, 1.807) is 0 Å². The molecule has 0 N–H and O–H groups in total. The minimum absolute atomic E-state index is 0.160. The Labute approximate surface area is 191 Å². The molecule has 1 atom stereocenters. The Balaban J connectivity index is 2.08. The van der Waals surface area contributed by atoms with E-state index >= 15 is 0 Å². The first kappa shape index (κ1) is 22.1. The van der Waals surface area contributed by atoms with Crippen LogP contribution in [-0.2, 0) is 5.41 Å². The van der Waals surface area contributed by atoms with E-state index in [4.69, 9.17) is 21.4 Å². The first-order chi connectivity index (χ1) is 14.8. The van der Waals surface area contributed by atoms with Gasteiger partial charge >= 0.3 is 0 Å². The molecule has 0 aromatic heterocycles. The van der Waals surface area contributed by atoms with Gasteiger partial charge in [0.15, 0.2) is 7.36 Å². The maximum atomic E-state index is 6.59. The first-order valence-corrected chi connectivity index (χ1v) is 12.8. The second-order valence-corrected chi connectivity index (χ2v) is 11.8. The van der Waals surface area contributed by atoms with Crippen LogP contribution in [0.4, 0.5) is 11.4 Å². The van der Waals surface area contributed by atoms with Crippen molar-refractivity contribution in [2.24, 2.45) is 9.85 Å². The fourth-order valence-electron chi connectivity index (χ4n) is 4.92. The molecule has 5 nitrogen and oxygen atoms in total. The molecule has 31 heavy (non-hydrogen) atoms. The van der Waals surface area contributed by atoms with Gasteiger partial charge in [-0.15, -0.1) is 0 Å². The molecule has 0 radical (unpaired) electrons. The zero-order valence-corrected chi connectivity index (χ0v) is 20.8. The normalized spacial score (nSPS) is 24.3. The lowest BCUT2D eigenvalue weighted by atomic mass is 9.84. The summed E-state index contributed by atoms with van der Waals surface area (Å²) >= 11 is 6.59. The maximum Gasteiger partial charge on any atom is 0.174 e. The smallest absolute Gasteiger partial charge is 0.174 e. The van der Waals surface area contributed by atoms with Gasteiger partial charge in [-0.3, -0.25) is 0 Å². The van der Waals surface area contributed by atoms with Gasteiger partial charge in [0.25, 0.3) is 0 Å². The molecule has 2 aliphatic rings. The molecule has 2 heterocycles. The van der Waals surface area contributed by atoms with Gasteiger partial charge in [-0.25, -0.2) is 14.2 Å². The molecule has 1 unspecified atom stereocenters. The molecule has 0 saturated heterocycles. The minimum Gasteiger partial charge on any atom is -0.346 e. The average molecular weight is 456 g/mol. The molecule has 0 saturated carbocycles. The summed E-state index contributed by atoms with van der Waals surface area (Å²) in [5.41, 5.74) is 4.49. The second kappa shape index (κ2) is 8.12. The van der Waals surface area contributed by atoms with Crippen molar-refractivity contribution in [3.8, 4) is 0 Å². The van der Waals surface area contributed by atoms with Crippen molar-refractivity contribution >= 4 is 36.5 Å². The first-order valence-electron chi connectivity index (χ1n) is 10.8. The van der Waals surface area contributed by atoms with Crippen LogP contribution in [0.25, 0.3) is 0 Å². The Hall–Kier alpha value is -2.07. The van der Waals surface area contributed by atoms with E-state index in [1.807, 2.05) is 37.5 Å². The fourth-order valence-corrected chi connectivity index (χ4v) is 8.88. The van der Waals surface area contributed by atoms with Gasteiger partial charge in [-0.05, 0) is 23.8 Å². The summed E-state index contributed by atoms with van der Waals surface area (Å²) in [6.07, 6.45) is 2.03. The van der Waals surface area contributed by atoms with Crippen LogP contribution in [0, 0.1) is 0 Å². The van der Waals surface area contributed by atoms with E-state index in [-0.39, 0.29) is 5.41 Å². The Kier molecular flexibility index (Phi) is 5.80. The highest BCUT2D eigenvalue weighted by molar-refractivity contribution is 7.67. The number of hydrogen-bond donors (Lipinski definition) is 0. The molecule has 164 valence electrons. The summed E-state index contributed by atoms with van der Waals surface area (Å²) in [5, 5.41) is 6.68. The van der Waals surface area contributed by atoms with Crippen LogP contribution < -0.4 is 4.90 Å². The van der Waals surface area contributed by atoms with Crippen LogP contribution in [0.5, 0.6) is 0 Å². The van der Waals surface area contributed by atoms with Crippen LogP contribution in [0.3, 0.4) is 0 Å². The van der Waals surface area contributed by atoms with E-state index in [9.17, 15) is 0 Å². The summed E-state index contributed by atoms with van der Waals surface area (Å²) < 4.78 is 9.96. The van der Waals surface area contributed by atoms with Crippen molar-refractivity contribution in [1.29, 1.82) is 0 Å². The molecule has 0 spiro atoms. The summed E-state index contributed by atoms with van der Waals surface area (Å²) in [6.45, 7) is 10.7. The maximum absolute atomic E-state index is 6.59. The van der Waals surface area contributed by atoms with Crippen molar-refractivity contribution in [3.63, 3.8) is 0 Å². The van der Waals surface area contributed by atoms with Crippen LogP contribution in [-0.4, -0.2) is 42.8 Å². The zero-order chi connectivity index (χ0) is 22.4. The number of benzene rings is 2. The van der Waals surface area contributed by atoms with Crippen LogP contribution in [0.1, 0.15) is 33.3 Å². The van der Waals surface area contributed by atoms with E-state index in [0.717, 1.165) is 18.8 Å². The van der Waals surface area contributed by atoms with Crippen LogP contribution in [0.15, 0.2) is 69.4 Å². The molecule has 7 heteroatoms. The SMILES string of the molecule is CCN(CC)P1(=Nc2ccccc2Cl)C(=C2N(C)c3ccccc3C2(C)C)C=NN1C. The third-order valence-electron chi connectivity index (χ3n) is 6.41. The van der Waals surface area contributed by atoms with E-state index in [2.05, 4.69) is 73.4 Å². The molecule has 2 aromatic carbocycles. The van der Waals surface area contributed by atoms with Gasteiger partial charge in [0.2, 0.25) is 0 Å². The minimum atomic E-state index is -2.38. The third kappa shape index (κ3) is 3.26. The average Bonchev–Trinajstić information content (AvgIpc) is 3.16. The summed E-state index contributed by atoms with van der Waals surface area (Å²) in [5.74, 6) is 0. The van der Waals surface area contributed by atoms with Crippen molar-refractivity contribution in [3.05, 3.63) is 70.1 Å². The van der Waals surface area contributed by atoms with E-state index in [0.29, 0.717) is 5.02 Å². The molecular formula is C24H31ClN5P. The summed E-state index contributed by atoms with van der Waals surface area (Å²) in [4.78, 5) is 2.33. The number of halogens is 1. The summed E-state index contributed by atoms with van der Waals surface area (Å²) in [6, 6.07) is 16.5. The third-order valence-corrected chi connectivity index (χ3v) is 10.5. The van der Waals surface area contributed by atoms with E-state index < -0.39 is 7.36 Å². The Bertz CT molecular complexity index is 1120. The van der Waals surface area contributed by atoms with Crippen molar-refractivity contribution in [1.82, 2.24) is 9.45 Å². The van der Waals surface area contributed by atoms with Crippen LogP contribution in [0.2, 0.25) is 5.02 Å². The van der Waals surface area contributed by atoms with E-state index in [1.165, 1.54) is 22.3 Å². The monoisotopic (exact) mass is 455 g/mol. The second-order valence-electron chi connectivity index (χ2n) is 8.43. The summed E-state index contributed by atoms with van der Waals surface area (Å²) in [7, 11) is 1.83. The van der Waals surface area contributed by atoms with Crippen molar-refractivity contribution < 1.29 is 0 Å². The number of hydrazone groups is 1. The number of para-hydroxylation sites is 1. The fraction of sp³-hybridized carbons (Fsp3) is 0.375. The number of anilines is 1. The number of nitrogens with zero attached hydrogens (tertiary/aromatic N) is 5. The number of allylic oxidation sites excluding steroid dienone is 2. The van der Waals surface area contributed by atoms with Gasteiger partial charge in [0.05, 0.1) is 22.2 Å². The number of fused-ring (bicyclic) bond motifs is 1. The highest BCUT2D eigenvalue weighted by Crippen LogP contribution is 2.69. The number of hydrogen-bond acceptors (Lipinski definition) is 3. The molecule has 0 aliphatic carbocycles. The highest BCUT2D eigenvalue weighted by Gasteiger charge is 2.47. The topological polar surface area (TPSA) is 34.4 Å². The Morgan fingerprint density at radius 3 is 2.32 bits per heavy atom. The molecule has 4 rings (SSSR count). The standard InChI is InChI=1S/C24H31ClN5P/c1-7-30(8-2)31(27-20-15-11-10-14-19(20)25)22(17-26-29(31)6)23-24(3,4)18-13-9-12-16-21(18)28(23)5/h9-17H,7-8H2,1-6H3. The number of likely N-dealkylation sites (N-methyl/N-ethyl adjacent to an activating group) is 1. The Morgan fingerprint density at radius 2 is 1.68 bits per heavy atom. The lowest BCUT2D eigenvalue weighted by Crippen LogP contribution is -2.30. The molecule has 2 aliphatic heterocycles. The predicted molar refractivity (Wildman–Crippen MR) is 135 cm³/mol. The van der Waals surface area contributed by atoms with Crippen molar-refractivity contribution in [2.45, 2.75) is 33.1 Å². The van der Waals surface area contributed by atoms with Gasteiger partial charge in [-0.1, -0.05) is 69.6 Å². The predicted octanol–water partition coefficient (Wildman–Crippen LogP) is 6.91. The van der Waals surface area contributed by atoms with Crippen LogP contribution >= 0.6 is 19.0 Å². The van der Waals surface area contributed by atoms with Gasteiger partial charge < -0.3 is 4.90 Å². The molecule has 0 amide bonds. The molecule has 0 fully saturated rings. The number of rotatable bonds is 4. The molecular weight excluding hydrogens is 425 g/mol. The largest absolute Gasteiger partial charge is 0.346 e. The quantitative estimate of drug-likeness (QED) is 0.469. The molecule has 0 bridgehead atoms. The lowest BCUT2D eigenvalue weighted by Gasteiger charge is -2.39. The zero-order valence-electron chi connectivity index (χ0n) is 19.2.